The molecule has 0 aliphatic carbocycles. The minimum atomic E-state index is -1.01. The molecular formula is C29H27ClN2O5. The Bertz CT molecular complexity index is 1490. The Morgan fingerprint density at radius 2 is 1.65 bits per heavy atom. The monoisotopic (exact) mass is 518 g/mol. The van der Waals surface area contributed by atoms with Gasteiger partial charge >= 0.3 is 5.97 Å². The number of phenolic OH excluding ortho intramolecular Hbond substituents is 1. The second-order valence-electron chi connectivity index (χ2n) is 9.15. The minimum Gasteiger partial charge on any atom is -0.506 e. The molecule has 2 N–H and O–H groups in total. The van der Waals surface area contributed by atoms with Crippen molar-refractivity contribution in [2.75, 3.05) is 11.4 Å². The van der Waals surface area contributed by atoms with Crippen LogP contribution in [0.1, 0.15) is 34.1 Å². The molecule has 0 aliphatic heterocycles. The summed E-state index contributed by atoms with van der Waals surface area (Å²) in [6.45, 7) is 5.20. The molecule has 190 valence electrons. The number of aromatic hydroxyl groups is 1. The lowest BCUT2D eigenvalue weighted by Gasteiger charge is -2.25. The van der Waals surface area contributed by atoms with Crippen LogP contribution in [0.25, 0.3) is 10.9 Å². The average molecular weight is 519 g/mol. The zero-order valence-corrected chi connectivity index (χ0v) is 21.5. The third-order valence-electron chi connectivity index (χ3n) is 6.48. The highest BCUT2D eigenvalue weighted by molar-refractivity contribution is 6.33. The molecule has 1 aromatic heterocycles. The van der Waals surface area contributed by atoms with Crippen LogP contribution in [0.3, 0.4) is 0 Å². The van der Waals surface area contributed by atoms with Crippen molar-refractivity contribution in [2.45, 2.75) is 27.2 Å². The van der Waals surface area contributed by atoms with Crippen LogP contribution in [0, 0.1) is 19.8 Å². The summed E-state index contributed by atoms with van der Waals surface area (Å²) >= 11 is 6.21. The number of phenols is 1. The number of aryl methyl sites for hydroxylation is 1. The van der Waals surface area contributed by atoms with E-state index in [0.717, 1.165) is 5.56 Å². The van der Waals surface area contributed by atoms with Crippen LogP contribution in [0.4, 0.5) is 5.69 Å². The van der Waals surface area contributed by atoms with E-state index in [-0.39, 0.29) is 35.6 Å². The molecular weight excluding hydrogens is 492 g/mol. The number of benzene rings is 3. The number of para-hydroxylation sites is 1. The molecule has 1 heterocycles. The molecule has 0 saturated heterocycles. The molecule has 0 spiro atoms. The number of rotatable bonds is 7. The Labute approximate surface area is 219 Å². The van der Waals surface area contributed by atoms with Crippen molar-refractivity contribution < 1.29 is 24.6 Å². The van der Waals surface area contributed by atoms with Gasteiger partial charge in [0.1, 0.15) is 5.75 Å². The number of aromatic nitrogens is 1. The zero-order chi connectivity index (χ0) is 26.9. The zero-order valence-electron chi connectivity index (χ0n) is 20.7. The Morgan fingerprint density at radius 1 is 1.00 bits per heavy atom. The van der Waals surface area contributed by atoms with Crippen molar-refractivity contribution in [3.63, 3.8) is 0 Å². The number of carbonyl (C=O) groups excluding carboxylic acids is 2. The molecule has 0 bridgehead atoms. The molecule has 8 heteroatoms. The highest BCUT2D eigenvalue weighted by Crippen LogP contribution is 2.35. The number of anilines is 1. The average Bonchev–Trinajstić information content (AvgIpc) is 3.13. The maximum atomic E-state index is 13.7. The fraction of sp³-hybridized carbons (Fsp3) is 0.207. The van der Waals surface area contributed by atoms with Crippen LogP contribution in [-0.4, -0.2) is 39.1 Å². The Kier molecular flexibility index (Phi) is 7.36. The van der Waals surface area contributed by atoms with Gasteiger partial charge in [-0.15, -0.1) is 0 Å². The summed E-state index contributed by atoms with van der Waals surface area (Å²) in [4.78, 5) is 40.2. The van der Waals surface area contributed by atoms with Gasteiger partial charge in [0.25, 0.3) is 5.91 Å². The van der Waals surface area contributed by atoms with E-state index in [2.05, 4.69) is 0 Å². The third kappa shape index (κ3) is 5.22. The van der Waals surface area contributed by atoms with Crippen molar-refractivity contribution >= 4 is 46.0 Å². The summed E-state index contributed by atoms with van der Waals surface area (Å²) < 4.78 is 1.50. The molecule has 0 saturated carbocycles. The van der Waals surface area contributed by atoms with E-state index in [0.29, 0.717) is 33.4 Å². The number of hydrogen-bond acceptors (Lipinski definition) is 4. The van der Waals surface area contributed by atoms with Gasteiger partial charge in [-0.2, -0.15) is 0 Å². The lowest BCUT2D eigenvalue weighted by Crippen LogP contribution is -2.38. The van der Waals surface area contributed by atoms with Crippen LogP contribution < -0.4 is 4.90 Å². The normalized spacial score (nSPS) is 11.9. The van der Waals surface area contributed by atoms with Gasteiger partial charge in [-0.1, -0.05) is 54.4 Å². The SMILES string of the molecule is Cc1ccc(C(=O)n2c(C)c(CC(=O)N(CC(C)C(=O)O)c3ccccc3)c3cc(O)c(Cl)cc32)cc1. The standard InChI is InChI=1S/C29H27ClN2O5/c1-17-9-11-20(12-10-17)28(35)32-19(3)22(23-13-26(33)24(30)15-25(23)32)14-27(34)31(16-18(2)29(36)37)21-7-5-4-6-8-21/h4-13,15,18,33H,14,16H2,1-3H3,(H,36,37). The van der Waals surface area contributed by atoms with Crippen molar-refractivity contribution in [2.24, 2.45) is 5.92 Å². The topological polar surface area (TPSA) is 99.8 Å². The van der Waals surface area contributed by atoms with E-state index in [9.17, 15) is 24.6 Å². The predicted octanol–water partition coefficient (Wildman–Crippen LogP) is 5.60. The van der Waals surface area contributed by atoms with E-state index >= 15 is 0 Å². The molecule has 37 heavy (non-hydrogen) atoms. The second-order valence-corrected chi connectivity index (χ2v) is 9.55. The Balaban J connectivity index is 1.81. The quantitative estimate of drug-likeness (QED) is 0.331. The van der Waals surface area contributed by atoms with Gasteiger partial charge < -0.3 is 15.1 Å². The van der Waals surface area contributed by atoms with Gasteiger partial charge in [0.2, 0.25) is 5.91 Å². The van der Waals surface area contributed by atoms with Gasteiger partial charge in [-0.05, 0) is 55.8 Å². The first-order chi connectivity index (χ1) is 17.6. The van der Waals surface area contributed by atoms with E-state index < -0.39 is 11.9 Å². The summed E-state index contributed by atoms with van der Waals surface area (Å²) in [5, 5.41) is 20.4. The van der Waals surface area contributed by atoms with Crippen molar-refractivity contribution in [3.8, 4) is 5.75 Å². The summed E-state index contributed by atoms with van der Waals surface area (Å²) in [6.07, 6.45) is -0.112. The number of carboxylic acid groups (broad SMARTS) is 1. The number of halogens is 1. The number of carbonyl (C=O) groups is 3. The number of hydrogen-bond donors (Lipinski definition) is 2. The summed E-state index contributed by atoms with van der Waals surface area (Å²) in [5.74, 6) is -2.59. The van der Waals surface area contributed by atoms with Gasteiger partial charge in [0.15, 0.2) is 0 Å². The Morgan fingerprint density at radius 3 is 2.27 bits per heavy atom. The smallest absolute Gasteiger partial charge is 0.308 e. The number of aliphatic carboxylic acids is 1. The molecule has 1 unspecified atom stereocenters. The largest absolute Gasteiger partial charge is 0.506 e. The molecule has 4 rings (SSSR count). The van der Waals surface area contributed by atoms with Crippen LogP contribution in [-0.2, 0) is 16.0 Å². The van der Waals surface area contributed by atoms with Gasteiger partial charge in [-0.3, -0.25) is 19.0 Å². The predicted molar refractivity (Wildman–Crippen MR) is 144 cm³/mol. The molecule has 0 fully saturated rings. The maximum Gasteiger partial charge on any atom is 0.308 e. The molecule has 4 aromatic rings. The summed E-state index contributed by atoms with van der Waals surface area (Å²) in [7, 11) is 0. The highest BCUT2D eigenvalue weighted by Gasteiger charge is 2.27. The van der Waals surface area contributed by atoms with Gasteiger partial charge in [0, 0.05) is 28.9 Å². The highest BCUT2D eigenvalue weighted by atomic mass is 35.5. The fourth-order valence-corrected chi connectivity index (χ4v) is 4.51. The van der Waals surface area contributed by atoms with Gasteiger partial charge in [0.05, 0.1) is 22.9 Å². The second kappa shape index (κ2) is 10.5. The van der Waals surface area contributed by atoms with Crippen LogP contribution in [0.5, 0.6) is 5.75 Å². The molecule has 0 aliphatic rings. The van der Waals surface area contributed by atoms with Crippen molar-refractivity contribution in [1.29, 1.82) is 0 Å². The molecule has 1 atom stereocenters. The minimum absolute atomic E-state index is 0.0186. The number of carboxylic acids is 1. The van der Waals surface area contributed by atoms with E-state index in [1.807, 2.05) is 25.1 Å². The summed E-state index contributed by atoms with van der Waals surface area (Å²) in [6, 6.07) is 19.0. The first kappa shape index (κ1) is 26.0. The first-order valence-electron chi connectivity index (χ1n) is 11.8. The molecule has 1 amide bonds. The lowest BCUT2D eigenvalue weighted by molar-refractivity contribution is -0.140. The van der Waals surface area contributed by atoms with Crippen molar-refractivity contribution in [1.82, 2.24) is 4.57 Å². The van der Waals surface area contributed by atoms with E-state index in [4.69, 9.17) is 11.6 Å². The van der Waals surface area contributed by atoms with Gasteiger partial charge in [-0.25, -0.2) is 0 Å². The molecule has 7 nitrogen and oxygen atoms in total. The summed E-state index contributed by atoms with van der Waals surface area (Å²) in [5.41, 5.74) is 3.61. The van der Waals surface area contributed by atoms with Crippen LogP contribution >= 0.6 is 11.6 Å². The van der Waals surface area contributed by atoms with Crippen molar-refractivity contribution in [3.05, 3.63) is 94.1 Å². The van der Waals surface area contributed by atoms with Crippen LogP contribution in [0.2, 0.25) is 5.02 Å². The maximum absolute atomic E-state index is 13.7. The van der Waals surface area contributed by atoms with E-state index in [1.165, 1.54) is 21.6 Å². The molecule has 3 aromatic carbocycles. The number of nitrogens with zero attached hydrogens (tertiary/aromatic N) is 2. The van der Waals surface area contributed by atoms with E-state index in [1.54, 1.807) is 50.2 Å². The fourth-order valence-electron chi connectivity index (χ4n) is 4.36. The lowest BCUT2D eigenvalue weighted by atomic mass is 10.1. The number of fused-ring (bicyclic) bond motifs is 1. The number of amides is 1. The third-order valence-corrected chi connectivity index (χ3v) is 6.78. The van der Waals surface area contributed by atoms with Crippen LogP contribution in [0.15, 0.2) is 66.7 Å². The first-order valence-corrected chi connectivity index (χ1v) is 12.2. The Hall–Kier alpha value is -4.10. The molecule has 0 radical (unpaired) electrons.